The number of carbonyl (C=O) groups excluding carboxylic acids is 1. The van der Waals surface area contributed by atoms with Crippen molar-refractivity contribution < 1.29 is 9.53 Å². The molecule has 0 fully saturated rings. The molecule has 0 radical (unpaired) electrons. The molecular weight excluding hydrogens is 184 g/mol. The third kappa shape index (κ3) is 3.59. The summed E-state index contributed by atoms with van der Waals surface area (Å²) in [6.45, 7) is 2.91. The first-order valence-corrected chi connectivity index (χ1v) is 5.41. The number of hydrogen-bond donors (Lipinski definition) is 0. The Bertz CT molecular complexity index is 255. The van der Waals surface area contributed by atoms with E-state index in [4.69, 9.17) is 4.74 Å². The highest BCUT2D eigenvalue weighted by atomic mass is 32.1. The molecule has 0 saturated carbocycles. The van der Waals surface area contributed by atoms with Gasteiger partial charge in [0.2, 0.25) is 0 Å². The number of unbranched alkanes of at least 4 members (excludes halogenated alkanes) is 2. The lowest BCUT2D eigenvalue weighted by atomic mass is 10.3. The van der Waals surface area contributed by atoms with Gasteiger partial charge in [0.1, 0.15) is 5.75 Å². The summed E-state index contributed by atoms with van der Waals surface area (Å²) < 4.78 is 5.44. The lowest BCUT2D eigenvalue weighted by molar-refractivity contribution is 0.112. The van der Waals surface area contributed by atoms with E-state index in [2.05, 4.69) is 6.92 Å². The molecule has 0 spiro atoms. The highest BCUT2D eigenvalue weighted by molar-refractivity contribution is 7.11. The number of aldehydes is 1. The summed E-state index contributed by atoms with van der Waals surface area (Å²) in [6.07, 6.45) is 4.34. The summed E-state index contributed by atoms with van der Waals surface area (Å²) in [5.74, 6) is 0.822. The molecule has 0 aliphatic rings. The Hall–Kier alpha value is -0.830. The van der Waals surface area contributed by atoms with Crippen molar-refractivity contribution in [1.29, 1.82) is 0 Å². The molecule has 1 rings (SSSR count). The molecular formula is C10H14O2S. The Labute approximate surface area is 82.5 Å². The Morgan fingerprint density at radius 1 is 1.54 bits per heavy atom. The van der Waals surface area contributed by atoms with Crippen molar-refractivity contribution in [3.05, 3.63) is 16.3 Å². The minimum Gasteiger partial charge on any atom is -0.493 e. The monoisotopic (exact) mass is 198 g/mol. The van der Waals surface area contributed by atoms with Crippen molar-refractivity contribution in [1.82, 2.24) is 0 Å². The van der Waals surface area contributed by atoms with Crippen LogP contribution in [0.15, 0.2) is 11.4 Å². The molecule has 0 atom stereocenters. The molecule has 0 saturated heterocycles. The van der Waals surface area contributed by atoms with Gasteiger partial charge in [-0.05, 0) is 6.42 Å². The minimum atomic E-state index is 0.727. The lowest BCUT2D eigenvalue weighted by Gasteiger charge is -2.01. The van der Waals surface area contributed by atoms with Crippen molar-refractivity contribution in [2.45, 2.75) is 26.2 Å². The van der Waals surface area contributed by atoms with Gasteiger partial charge >= 0.3 is 0 Å². The molecule has 0 aliphatic carbocycles. The predicted octanol–water partition coefficient (Wildman–Crippen LogP) is 3.13. The maximum Gasteiger partial charge on any atom is 0.160 e. The van der Waals surface area contributed by atoms with Gasteiger partial charge in [-0.15, -0.1) is 11.3 Å². The van der Waals surface area contributed by atoms with Crippen molar-refractivity contribution in [2.24, 2.45) is 0 Å². The van der Waals surface area contributed by atoms with Crippen molar-refractivity contribution in [3.63, 3.8) is 0 Å². The zero-order valence-electron chi connectivity index (χ0n) is 7.79. The Morgan fingerprint density at radius 3 is 3.00 bits per heavy atom. The number of carbonyl (C=O) groups is 1. The molecule has 72 valence electrons. The number of hydrogen-bond acceptors (Lipinski definition) is 3. The van der Waals surface area contributed by atoms with Gasteiger partial charge in [-0.2, -0.15) is 0 Å². The summed E-state index contributed by atoms with van der Waals surface area (Å²) in [5.41, 5.74) is 0. The molecule has 0 N–H and O–H groups in total. The van der Waals surface area contributed by atoms with Crippen LogP contribution >= 0.6 is 11.3 Å². The summed E-state index contributed by atoms with van der Waals surface area (Å²) in [4.78, 5) is 11.1. The van der Waals surface area contributed by atoms with E-state index in [1.807, 2.05) is 5.38 Å². The van der Waals surface area contributed by atoms with E-state index in [-0.39, 0.29) is 0 Å². The van der Waals surface area contributed by atoms with Crippen LogP contribution in [0.1, 0.15) is 35.9 Å². The van der Waals surface area contributed by atoms with Gasteiger partial charge in [0.25, 0.3) is 0 Å². The molecule has 1 aromatic rings. The van der Waals surface area contributed by atoms with Crippen LogP contribution < -0.4 is 4.74 Å². The SMILES string of the molecule is CCCCCOc1csc(C=O)c1. The van der Waals surface area contributed by atoms with Crippen LogP contribution in [-0.2, 0) is 0 Å². The molecule has 0 aliphatic heterocycles. The molecule has 0 unspecified atom stereocenters. The van der Waals surface area contributed by atoms with Gasteiger partial charge in [-0.1, -0.05) is 19.8 Å². The van der Waals surface area contributed by atoms with Gasteiger partial charge in [-0.3, -0.25) is 4.79 Å². The average molecular weight is 198 g/mol. The van der Waals surface area contributed by atoms with Crippen molar-refractivity contribution >= 4 is 17.6 Å². The van der Waals surface area contributed by atoms with Crippen molar-refractivity contribution in [3.8, 4) is 5.75 Å². The second-order valence-corrected chi connectivity index (χ2v) is 3.80. The third-order valence-electron chi connectivity index (χ3n) is 1.73. The maximum absolute atomic E-state index is 10.4. The smallest absolute Gasteiger partial charge is 0.160 e. The van der Waals surface area contributed by atoms with E-state index in [0.717, 1.165) is 29.9 Å². The Morgan fingerprint density at radius 2 is 2.38 bits per heavy atom. The van der Waals surface area contributed by atoms with Crippen LogP contribution in [0.3, 0.4) is 0 Å². The van der Waals surface area contributed by atoms with Crippen LogP contribution in [0.4, 0.5) is 0 Å². The summed E-state index contributed by atoms with van der Waals surface area (Å²) in [5, 5.41) is 1.87. The molecule has 2 nitrogen and oxygen atoms in total. The Balaban J connectivity index is 2.24. The molecule has 0 aromatic carbocycles. The van der Waals surface area contributed by atoms with E-state index in [9.17, 15) is 4.79 Å². The van der Waals surface area contributed by atoms with E-state index in [0.29, 0.717) is 0 Å². The van der Waals surface area contributed by atoms with Crippen molar-refractivity contribution in [2.75, 3.05) is 6.61 Å². The maximum atomic E-state index is 10.4. The van der Waals surface area contributed by atoms with E-state index >= 15 is 0 Å². The summed E-state index contributed by atoms with van der Waals surface area (Å²) in [7, 11) is 0. The quantitative estimate of drug-likeness (QED) is 0.518. The van der Waals surface area contributed by atoms with Crippen LogP contribution in [0.2, 0.25) is 0 Å². The lowest BCUT2D eigenvalue weighted by Crippen LogP contribution is -1.95. The standard InChI is InChI=1S/C10H14O2S/c1-2-3-4-5-12-9-6-10(7-11)13-8-9/h6-8H,2-5H2,1H3. The van der Waals surface area contributed by atoms with E-state index in [1.165, 1.54) is 24.2 Å². The van der Waals surface area contributed by atoms with Crippen LogP contribution in [0.25, 0.3) is 0 Å². The highest BCUT2D eigenvalue weighted by Crippen LogP contribution is 2.20. The topological polar surface area (TPSA) is 26.3 Å². The van der Waals surface area contributed by atoms with Crippen LogP contribution in [0, 0.1) is 0 Å². The second-order valence-electron chi connectivity index (χ2n) is 2.86. The van der Waals surface area contributed by atoms with E-state index in [1.54, 1.807) is 6.07 Å². The molecule has 0 amide bonds. The zero-order valence-corrected chi connectivity index (χ0v) is 8.60. The zero-order chi connectivity index (χ0) is 9.52. The molecule has 0 bridgehead atoms. The fourth-order valence-corrected chi connectivity index (χ4v) is 1.64. The first-order valence-electron chi connectivity index (χ1n) is 4.53. The third-order valence-corrected chi connectivity index (χ3v) is 2.56. The first kappa shape index (κ1) is 10.3. The first-order chi connectivity index (χ1) is 6.36. The normalized spacial score (nSPS) is 9.92. The fourth-order valence-electron chi connectivity index (χ4n) is 1.01. The summed E-state index contributed by atoms with van der Waals surface area (Å²) >= 11 is 1.42. The average Bonchev–Trinajstić information content (AvgIpc) is 2.60. The molecule has 1 aromatic heterocycles. The molecule has 3 heteroatoms. The molecule has 1 heterocycles. The predicted molar refractivity (Wildman–Crippen MR) is 54.7 cm³/mol. The Kier molecular flexibility index (Phi) is 4.54. The minimum absolute atomic E-state index is 0.727. The van der Waals surface area contributed by atoms with Gasteiger partial charge < -0.3 is 4.74 Å². The molecule has 13 heavy (non-hydrogen) atoms. The van der Waals surface area contributed by atoms with E-state index < -0.39 is 0 Å². The number of thiophene rings is 1. The van der Waals surface area contributed by atoms with Gasteiger partial charge in [0, 0.05) is 11.4 Å². The largest absolute Gasteiger partial charge is 0.493 e. The van der Waals surface area contributed by atoms with Gasteiger partial charge in [0.15, 0.2) is 6.29 Å². The fraction of sp³-hybridized carbons (Fsp3) is 0.500. The summed E-state index contributed by atoms with van der Waals surface area (Å²) in [6, 6.07) is 1.78. The van der Waals surface area contributed by atoms with Gasteiger partial charge in [-0.25, -0.2) is 0 Å². The number of rotatable bonds is 6. The van der Waals surface area contributed by atoms with Gasteiger partial charge in [0.05, 0.1) is 11.5 Å². The number of ether oxygens (including phenoxy) is 1. The highest BCUT2D eigenvalue weighted by Gasteiger charge is 1.98. The van der Waals surface area contributed by atoms with Crippen LogP contribution in [-0.4, -0.2) is 12.9 Å². The van der Waals surface area contributed by atoms with Crippen LogP contribution in [0.5, 0.6) is 5.75 Å². The second kappa shape index (κ2) is 5.75.